The van der Waals surface area contributed by atoms with Crippen molar-refractivity contribution >= 4 is 11.3 Å². The Balaban J connectivity index is 1.81. The van der Waals surface area contributed by atoms with Crippen LogP contribution in [0.1, 0.15) is 35.7 Å². The highest BCUT2D eigenvalue weighted by Gasteiger charge is 2.19. The number of hydrogen-bond donors (Lipinski definition) is 0. The van der Waals surface area contributed by atoms with Gasteiger partial charge in [0.1, 0.15) is 0 Å². The summed E-state index contributed by atoms with van der Waals surface area (Å²) >= 11 is 1.63. The van der Waals surface area contributed by atoms with Gasteiger partial charge in [-0.25, -0.2) is 0 Å². The van der Waals surface area contributed by atoms with Crippen LogP contribution in [0.2, 0.25) is 0 Å². The first-order chi connectivity index (χ1) is 10.1. The van der Waals surface area contributed by atoms with E-state index >= 15 is 0 Å². The van der Waals surface area contributed by atoms with Gasteiger partial charge in [-0.1, -0.05) is 12.1 Å². The summed E-state index contributed by atoms with van der Waals surface area (Å²) < 4.78 is 7.34. The summed E-state index contributed by atoms with van der Waals surface area (Å²) in [6, 6.07) is 2.00. The smallest absolute Gasteiger partial charge is 0.230 e. The maximum atomic E-state index is 5.43. The minimum atomic E-state index is 0.173. The summed E-state index contributed by atoms with van der Waals surface area (Å²) in [6.07, 6.45) is 0.858. The van der Waals surface area contributed by atoms with Gasteiger partial charge in [0.25, 0.3) is 0 Å². The SMILES string of the molecule is Cc1nn(C)c(C)c1CC(C)c1nc(-c2ccsc2)no1. The quantitative estimate of drug-likeness (QED) is 0.740. The van der Waals surface area contributed by atoms with Crippen molar-refractivity contribution in [3.05, 3.63) is 39.7 Å². The molecular weight excluding hydrogens is 284 g/mol. The molecule has 0 saturated carbocycles. The van der Waals surface area contributed by atoms with Gasteiger partial charge in [0.05, 0.1) is 5.69 Å². The van der Waals surface area contributed by atoms with Gasteiger partial charge in [0.2, 0.25) is 11.7 Å². The highest BCUT2D eigenvalue weighted by molar-refractivity contribution is 7.08. The first kappa shape index (κ1) is 14.0. The molecule has 0 aliphatic carbocycles. The Hall–Kier alpha value is -1.95. The molecule has 0 amide bonds. The van der Waals surface area contributed by atoms with E-state index in [1.54, 1.807) is 11.3 Å². The lowest BCUT2D eigenvalue weighted by molar-refractivity contribution is 0.358. The minimum absolute atomic E-state index is 0.173. The standard InChI is InChI=1S/C15H18N4OS/c1-9(7-13-10(2)17-19(4)11(13)3)15-16-14(18-20-15)12-5-6-21-8-12/h5-6,8-9H,7H2,1-4H3. The van der Waals surface area contributed by atoms with E-state index < -0.39 is 0 Å². The Morgan fingerprint density at radius 3 is 2.81 bits per heavy atom. The third-order valence-electron chi connectivity index (χ3n) is 3.81. The Labute approximate surface area is 127 Å². The Morgan fingerprint density at radius 1 is 1.38 bits per heavy atom. The molecule has 3 aromatic heterocycles. The Kier molecular flexibility index (Phi) is 3.63. The van der Waals surface area contributed by atoms with Crippen LogP contribution in [0.4, 0.5) is 0 Å². The highest BCUT2D eigenvalue weighted by atomic mass is 32.1. The van der Waals surface area contributed by atoms with E-state index in [0.717, 1.165) is 17.7 Å². The Bertz CT molecular complexity index is 742. The average molecular weight is 302 g/mol. The summed E-state index contributed by atoms with van der Waals surface area (Å²) in [5.41, 5.74) is 4.53. The van der Waals surface area contributed by atoms with Crippen LogP contribution in [0.15, 0.2) is 21.3 Å². The van der Waals surface area contributed by atoms with Crippen LogP contribution in [0, 0.1) is 13.8 Å². The van der Waals surface area contributed by atoms with Crippen LogP contribution in [-0.2, 0) is 13.5 Å². The molecule has 1 atom stereocenters. The van der Waals surface area contributed by atoms with Crippen molar-refractivity contribution in [2.75, 3.05) is 0 Å². The molecule has 3 rings (SSSR count). The molecule has 0 aliphatic rings. The molecule has 3 aromatic rings. The van der Waals surface area contributed by atoms with Gasteiger partial charge in [-0.15, -0.1) is 0 Å². The summed E-state index contributed by atoms with van der Waals surface area (Å²) in [5, 5.41) is 12.6. The summed E-state index contributed by atoms with van der Waals surface area (Å²) in [4.78, 5) is 4.52. The number of thiophene rings is 1. The molecule has 0 fully saturated rings. The molecule has 6 heteroatoms. The predicted octanol–water partition coefficient (Wildman–Crippen LogP) is 3.49. The molecule has 1 unspecified atom stereocenters. The number of nitrogens with zero attached hydrogens (tertiary/aromatic N) is 4. The van der Waals surface area contributed by atoms with Crippen LogP contribution in [0.5, 0.6) is 0 Å². The second-order valence-electron chi connectivity index (χ2n) is 5.35. The fourth-order valence-electron chi connectivity index (χ4n) is 2.45. The second-order valence-corrected chi connectivity index (χ2v) is 6.13. The van der Waals surface area contributed by atoms with Crippen molar-refractivity contribution in [2.45, 2.75) is 33.1 Å². The van der Waals surface area contributed by atoms with Crippen molar-refractivity contribution in [1.29, 1.82) is 0 Å². The van der Waals surface area contributed by atoms with Gasteiger partial charge in [0.15, 0.2) is 0 Å². The summed E-state index contributed by atoms with van der Waals surface area (Å²) in [5.74, 6) is 1.52. The van der Waals surface area contributed by atoms with Crippen molar-refractivity contribution in [3.8, 4) is 11.4 Å². The minimum Gasteiger partial charge on any atom is -0.339 e. The molecular formula is C15H18N4OS. The van der Waals surface area contributed by atoms with Gasteiger partial charge < -0.3 is 4.52 Å². The number of aryl methyl sites for hydroxylation is 2. The predicted molar refractivity (Wildman–Crippen MR) is 82.4 cm³/mol. The van der Waals surface area contributed by atoms with Crippen LogP contribution in [0.25, 0.3) is 11.4 Å². The van der Waals surface area contributed by atoms with Crippen molar-refractivity contribution in [2.24, 2.45) is 7.05 Å². The maximum absolute atomic E-state index is 5.43. The van der Waals surface area contributed by atoms with Crippen LogP contribution in [0.3, 0.4) is 0 Å². The van der Waals surface area contributed by atoms with Crippen LogP contribution >= 0.6 is 11.3 Å². The fraction of sp³-hybridized carbons (Fsp3) is 0.400. The van der Waals surface area contributed by atoms with E-state index in [0.29, 0.717) is 11.7 Å². The summed E-state index contributed by atoms with van der Waals surface area (Å²) in [7, 11) is 1.97. The van der Waals surface area contributed by atoms with Gasteiger partial charge in [-0.3, -0.25) is 4.68 Å². The lowest BCUT2D eigenvalue weighted by Gasteiger charge is -2.06. The first-order valence-electron chi connectivity index (χ1n) is 6.91. The van der Waals surface area contributed by atoms with E-state index in [1.165, 1.54) is 11.3 Å². The lowest BCUT2D eigenvalue weighted by atomic mass is 9.99. The van der Waals surface area contributed by atoms with Crippen LogP contribution in [-0.4, -0.2) is 19.9 Å². The van der Waals surface area contributed by atoms with E-state index in [-0.39, 0.29) is 5.92 Å². The monoisotopic (exact) mass is 302 g/mol. The molecule has 5 nitrogen and oxygen atoms in total. The molecule has 3 heterocycles. The van der Waals surface area contributed by atoms with Gasteiger partial charge in [-0.05, 0) is 37.3 Å². The average Bonchev–Trinajstić information content (AvgIpc) is 3.15. The topological polar surface area (TPSA) is 56.7 Å². The molecule has 0 saturated heterocycles. The zero-order chi connectivity index (χ0) is 15.0. The second kappa shape index (κ2) is 5.44. The molecule has 0 aromatic carbocycles. The fourth-order valence-corrected chi connectivity index (χ4v) is 3.09. The molecule has 0 aliphatic heterocycles. The number of aromatic nitrogens is 4. The van der Waals surface area contributed by atoms with E-state index in [2.05, 4.69) is 29.1 Å². The van der Waals surface area contributed by atoms with E-state index in [1.807, 2.05) is 35.5 Å². The van der Waals surface area contributed by atoms with Crippen molar-refractivity contribution in [1.82, 2.24) is 19.9 Å². The highest BCUT2D eigenvalue weighted by Crippen LogP contribution is 2.25. The zero-order valence-corrected chi connectivity index (χ0v) is 13.4. The summed E-state index contributed by atoms with van der Waals surface area (Å²) in [6.45, 7) is 6.24. The van der Waals surface area contributed by atoms with Gasteiger partial charge in [-0.2, -0.15) is 21.4 Å². The maximum Gasteiger partial charge on any atom is 0.230 e. The molecule has 110 valence electrons. The molecule has 0 bridgehead atoms. The van der Waals surface area contributed by atoms with Crippen molar-refractivity contribution < 1.29 is 4.52 Å². The van der Waals surface area contributed by atoms with E-state index in [4.69, 9.17) is 4.52 Å². The number of hydrogen-bond acceptors (Lipinski definition) is 5. The largest absolute Gasteiger partial charge is 0.339 e. The van der Waals surface area contributed by atoms with Crippen LogP contribution < -0.4 is 0 Å². The third kappa shape index (κ3) is 2.63. The lowest BCUT2D eigenvalue weighted by Crippen LogP contribution is -2.01. The molecule has 0 radical (unpaired) electrons. The van der Waals surface area contributed by atoms with Gasteiger partial charge in [0, 0.05) is 29.6 Å². The van der Waals surface area contributed by atoms with Crippen molar-refractivity contribution in [3.63, 3.8) is 0 Å². The number of rotatable bonds is 4. The molecule has 0 spiro atoms. The molecule has 0 N–H and O–H groups in total. The molecule has 21 heavy (non-hydrogen) atoms. The first-order valence-corrected chi connectivity index (χ1v) is 7.85. The zero-order valence-electron chi connectivity index (χ0n) is 12.6. The van der Waals surface area contributed by atoms with Gasteiger partial charge >= 0.3 is 0 Å². The Morgan fingerprint density at radius 2 is 2.19 bits per heavy atom. The third-order valence-corrected chi connectivity index (χ3v) is 4.50. The normalized spacial score (nSPS) is 12.8. The van der Waals surface area contributed by atoms with E-state index in [9.17, 15) is 0 Å².